The first-order valence-corrected chi connectivity index (χ1v) is 10.8. The maximum absolute atomic E-state index is 13.5. The Morgan fingerprint density at radius 1 is 1.19 bits per heavy atom. The van der Waals surface area contributed by atoms with E-state index in [2.05, 4.69) is 21.5 Å². The molecule has 2 aliphatic rings. The molecule has 168 valence electrons. The molecule has 1 saturated heterocycles. The van der Waals surface area contributed by atoms with E-state index in [1.807, 2.05) is 30.9 Å². The standard InChI is InChI=1S/C22H29F2N5O2/c1-13-8-14(2)10-17(9-13)31-15(3)21(30)28-6-4-16(5-7-28)18-11-19(20(23)24)29-22(27-18)25-12-26-29/h8-10,12,15-16,18-20H,4-7,11H2,1-3H3,(H,25,26,27)/t15-,18+,19-/m1/s1. The maximum atomic E-state index is 13.5. The van der Waals surface area contributed by atoms with E-state index >= 15 is 0 Å². The van der Waals surface area contributed by atoms with E-state index < -0.39 is 18.6 Å². The SMILES string of the molecule is Cc1cc(C)cc(O[C@H](C)C(=O)N2CCC([C@@H]3C[C@H](C(F)F)n4ncnc4N3)CC2)c1. The topological polar surface area (TPSA) is 72.3 Å². The summed E-state index contributed by atoms with van der Waals surface area (Å²) >= 11 is 0. The summed E-state index contributed by atoms with van der Waals surface area (Å²) in [6.07, 6.45) is 0.0486. The van der Waals surface area contributed by atoms with Crippen molar-refractivity contribution in [1.29, 1.82) is 0 Å². The molecule has 2 aromatic rings. The molecule has 0 aliphatic carbocycles. The molecule has 7 nitrogen and oxygen atoms in total. The average Bonchev–Trinajstić information content (AvgIpc) is 3.20. The van der Waals surface area contributed by atoms with Crippen LogP contribution in [0.25, 0.3) is 0 Å². The summed E-state index contributed by atoms with van der Waals surface area (Å²) in [6.45, 7) is 6.95. The number of amides is 1. The number of carbonyl (C=O) groups excluding carboxylic acids is 1. The summed E-state index contributed by atoms with van der Waals surface area (Å²) < 4.78 is 34.2. The Kier molecular flexibility index (Phi) is 6.11. The fraction of sp³-hybridized carbons (Fsp3) is 0.591. The number of nitrogens with one attached hydrogen (secondary N) is 1. The van der Waals surface area contributed by atoms with Gasteiger partial charge >= 0.3 is 0 Å². The van der Waals surface area contributed by atoms with Gasteiger partial charge in [0.15, 0.2) is 6.10 Å². The normalized spacial score (nSPS) is 22.7. The van der Waals surface area contributed by atoms with Crippen LogP contribution in [0.2, 0.25) is 0 Å². The maximum Gasteiger partial charge on any atom is 0.263 e. The number of aryl methyl sites for hydroxylation is 2. The molecule has 0 unspecified atom stereocenters. The Balaban J connectivity index is 1.33. The first-order chi connectivity index (χ1) is 14.8. The molecule has 1 aromatic heterocycles. The number of anilines is 1. The van der Waals surface area contributed by atoms with Crippen LogP contribution in [0.15, 0.2) is 24.5 Å². The third-order valence-corrected chi connectivity index (χ3v) is 6.26. The average molecular weight is 434 g/mol. The zero-order chi connectivity index (χ0) is 22.1. The highest BCUT2D eigenvalue weighted by Crippen LogP contribution is 2.35. The van der Waals surface area contributed by atoms with Crippen LogP contribution >= 0.6 is 0 Å². The summed E-state index contributed by atoms with van der Waals surface area (Å²) in [6, 6.07) is 4.85. The second-order valence-electron chi connectivity index (χ2n) is 8.66. The summed E-state index contributed by atoms with van der Waals surface area (Å²) in [5.74, 6) is 1.25. The Morgan fingerprint density at radius 2 is 1.87 bits per heavy atom. The molecule has 0 spiro atoms. The highest BCUT2D eigenvalue weighted by molar-refractivity contribution is 5.81. The van der Waals surface area contributed by atoms with Crippen molar-refractivity contribution in [2.24, 2.45) is 5.92 Å². The molecule has 0 bridgehead atoms. The van der Waals surface area contributed by atoms with Gasteiger partial charge in [0.1, 0.15) is 18.1 Å². The number of benzene rings is 1. The third-order valence-electron chi connectivity index (χ3n) is 6.26. The van der Waals surface area contributed by atoms with E-state index in [1.165, 1.54) is 11.0 Å². The summed E-state index contributed by atoms with van der Waals surface area (Å²) in [5, 5.41) is 7.20. The largest absolute Gasteiger partial charge is 0.481 e. The van der Waals surface area contributed by atoms with Gasteiger partial charge in [0, 0.05) is 19.1 Å². The van der Waals surface area contributed by atoms with E-state index in [0.717, 1.165) is 24.0 Å². The van der Waals surface area contributed by atoms with Crippen molar-refractivity contribution < 1.29 is 18.3 Å². The van der Waals surface area contributed by atoms with Crippen molar-refractivity contribution in [2.45, 2.75) is 64.6 Å². The van der Waals surface area contributed by atoms with E-state index in [9.17, 15) is 13.6 Å². The van der Waals surface area contributed by atoms with Crippen molar-refractivity contribution in [1.82, 2.24) is 19.7 Å². The van der Waals surface area contributed by atoms with Gasteiger partial charge in [-0.25, -0.2) is 13.5 Å². The monoisotopic (exact) mass is 433 g/mol. The number of likely N-dealkylation sites (tertiary alicyclic amines) is 1. The van der Waals surface area contributed by atoms with Crippen LogP contribution in [0.5, 0.6) is 5.75 Å². The molecular weight excluding hydrogens is 404 g/mol. The summed E-state index contributed by atoms with van der Waals surface area (Å²) in [5.41, 5.74) is 2.18. The lowest BCUT2D eigenvalue weighted by Gasteiger charge is -2.40. The smallest absolute Gasteiger partial charge is 0.263 e. The molecule has 9 heteroatoms. The number of carbonyl (C=O) groups is 1. The van der Waals surface area contributed by atoms with Crippen LogP contribution in [0.4, 0.5) is 14.7 Å². The lowest BCUT2D eigenvalue weighted by molar-refractivity contribution is -0.139. The number of halogens is 2. The fourth-order valence-corrected chi connectivity index (χ4v) is 4.74. The molecule has 1 N–H and O–H groups in total. The molecule has 2 aliphatic heterocycles. The molecule has 4 rings (SSSR count). The Morgan fingerprint density at radius 3 is 2.52 bits per heavy atom. The Labute approximate surface area is 180 Å². The number of ether oxygens (including phenoxy) is 1. The van der Waals surface area contributed by atoms with Crippen molar-refractivity contribution in [3.05, 3.63) is 35.7 Å². The Bertz CT molecular complexity index is 906. The van der Waals surface area contributed by atoms with Gasteiger partial charge < -0.3 is 15.0 Å². The first-order valence-electron chi connectivity index (χ1n) is 10.8. The van der Waals surface area contributed by atoms with Crippen LogP contribution < -0.4 is 10.1 Å². The van der Waals surface area contributed by atoms with Gasteiger partial charge in [-0.1, -0.05) is 6.07 Å². The van der Waals surface area contributed by atoms with Gasteiger partial charge in [0.25, 0.3) is 12.3 Å². The second-order valence-corrected chi connectivity index (χ2v) is 8.66. The number of alkyl halides is 2. The minimum atomic E-state index is -2.49. The van der Waals surface area contributed by atoms with Crippen molar-refractivity contribution in [3.8, 4) is 5.75 Å². The molecule has 0 radical (unpaired) electrons. The first kappa shape index (κ1) is 21.5. The van der Waals surface area contributed by atoms with Gasteiger partial charge in [-0.05, 0) is 69.2 Å². The number of hydrogen-bond donors (Lipinski definition) is 1. The van der Waals surface area contributed by atoms with Gasteiger partial charge in [-0.15, -0.1) is 0 Å². The van der Waals surface area contributed by atoms with Gasteiger partial charge in [0.05, 0.1) is 0 Å². The van der Waals surface area contributed by atoms with Gasteiger partial charge in [0.2, 0.25) is 5.95 Å². The zero-order valence-electron chi connectivity index (χ0n) is 18.1. The number of piperidine rings is 1. The fourth-order valence-electron chi connectivity index (χ4n) is 4.74. The lowest BCUT2D eigenvalue weighted by Crippen LogP contribution is -2.48. The molecule has 3 heterocycles. The van der Waals surface area contributed by atoms with Crippen molar-refractivity contribution >= 4 is 11.9 Å². The lowest BCUT2D eigenvalue weighted by atomic mass is 9.85. The number of fused-ring (bicyclic) bond motifs is 1. The van der Waals surface area contributed by atoms with E-state index in [4.69, 9.17) is 4.74 Å². The molecule has 3 atom stereocenters. The quantitative estimate of drug-likeness (QED) is 0.780. The number of hydrogen-bond acceptors (Lipinski definition) is 5. The molecule has 31 heavy (non-hydrogen) atoms. The summed E-state index contributed by atoms with van der Waals surface area (Å²) in [4.78, 5) is 18.8. The molecular formula is C22H29F2N5O2. The highest BCUT2D eigenvalue weighted by atomic mass is 19.3. The van der Waals surface area contributed by atoms with Crippen molar-refractivity contribution in [3.63, 3.8) is 0 Å². The summed E-state index contributed by atoms with van der Waals surface area (Å²) in [7, 11) is 0. The number of nitrogens with zero attached hydrogens (tertiary/aromatic N) is 4. The van der Waals surface area contributed by atoms with Crippen LogP contribution in [0.1, 0.15) is 43.4 Å². The van der Waals surface area contributed by atoms with E-state index in [-0.39, 0.29) is 17.9 Å². The van der Waals surface area contributed by atoms with Crippen molar-refractivity contribution in [2.75, 3.05) is 18.4 Å². The predicted octanol–water partition coefficient (Wildman–Crippen LogP) is 3.59. The van der Waals surface area contributed by atoms with Gasteiger partial charge in [-0.2, -0.15) is 10.1 Å². The Hall–Kier alpha value is -2.71. The van der Waals surface area contributed by atoms with E-state index in [1.54, 1.807) is 6.92 Å². The number of rotatable bonds is 5. The van der Waals surface area contributed by atoms with Crippen LogP contribution in [-0.2, 0) is 4.79 Å². The zero-order valence-corrected chi connectivity index (χ0v) is 18.1. The van der Waals surface area contributed by atoms with Crippen LogP contribution in [0.3, 0.4) is 0 Å². The molecule has 1 amide bonds. The van der Waals surface area contributed by atoms with E-state index in [0.29, 0.717) is 31.2 Å². The van der Waals surface area contributed by atoms with Gasteiger partial charge in [-0.3, -0.25) is 4.79 Å². The third kappa shape index (κ3) is 4.65. The minimum absolute atomic E-state index is 0.0422. The van der Waals surface area contributed by atoms with Crippen LogP contribution in [0, 0.1) is 19.8 Å². The molecule has 0 saturated carbocycles. The minimum Gasteiger partial charge on any atom is -0.481 e. The predicted molar refractivity (Wildman–Crippen MR) is 112 cm³/mol. The second kappa shape index (κ2) is 8.80. The number of aromatic nitrogens is 3. The van der Waals surface area contributed by atoms with Crippen LogP contribution in [-0.4, -0.2) is 57.2 Å². The molecule has 1 fully saturated rings. The molecule has 1 aromatic carbocycles. The highest BCUT2D eigenvalue weighted by Gasteiger charge is 2.39.